The van der Waals surface area contributed by atoms with Crippen molar-refractivity contribution in [2.45, 2.75) is 32.9 Å². The van der Waals surface area contributed by atoms with Gasteiger partial charge in [-0.1, -0.05) is 19.9 Å². The summed E-state index contributed by atoms with van der Waals surface area (Å²) in [4.78, 5) is 0. The molecular weight excluding hydrogens is 233 g/mol. The Labute approximate surface area is 108 Å². The highest BCUT2D eigenvalue weighted by Gasteiger charge is 2.06. The van der Waals surface area contributed by atoms with Crippen molar-refractivity contribution in [3.63, 3.8) is 0 Å². The number of rotatable bonds is 8. The Morgan fingerprint density at radius 3 is 2.67 bits per heavy atom. The van der Waals surface area contributed by atoms with Crippen LogP contribution in [0.2, 0.25) is 0 Å². The summed E-state index contributed by atoms with van der Waals surface area (Å²) in [6.45, 7) is 5.01. The third kappa shape index (κ3) is 4.92. The molecule has 1 rings (SSSR count). The first kappa shape index (κ1) is 14.8. The zero-order valence-corrected chi connectivity index (χ0v) is 11.3. The molecule has 0 fully saturated rings. The van der Waals surface area contributed by atoms with Crippen LogP contribution < -0.4 is 14.8 Å². The van der Waals surface area contributed by atoms with E-state index in [0.29, 0.717) is 30.6 Å². The first-order valence-electron chi connectivity index (χ1n) is 6.26. The summed E-state index contributed by atoms with van der Waals surface area (Å²) in [5, 5.41) is 3.34. The van der Waals surface area contributed by atoms with Crippen LogP contribution in [0.1, 0.15) is 25.8 Å². The molecule has 1 N–H and O–H groups in total. The predicted molar refractivity (Wildman–Crippen MR) is 71.1 cm³/mol. The van der Waals surface area contributed by atoms with Crippen molar-refractivity contribution in [3.8, 4) is 11.5 Å². The van der Waals surface area contributed by atoms with Gasteiger partial charge < -0.3 is 14.8 Å². The van der Waals surface area contributed by atoms with E-state index in [-0.39, 0.29) is 6.67 Å². The molecule has 0 heterocycles. The molecule has 1 aromatic carbocycles. The average Bonchev–Trinajstić information content (AvgIpc) is 2.37. The maximum atomic E-state index is 12.0. The van der Waals surface area contributed by atoms with Crippen LogP contribution in [0.15, 0.2) is 18.2 Å². The van der Waals surface area contributed by atoms with Gasteiger partial charge in [0.2, 0.25) is 0 Å². The lowest BCUT2D eigenvalue weighted by Gasteiger charge is -2.13. The molecule has 18 heavy (non-hydrogen) atoms. The molecule has 0 unspecified atom stereocenters. The molecule has 4 heteroatoms. The molecule has 0 aliphatic heterocycles. The zero-order chi connectivity index (χ0) is 13.4. The minimum Gasteiger partial charge on any atom is -0.493 e. The van der Waals surface area contributed by atoms with Crippen LogP contribution in [0.25, 0.3) is 0 Å². The van der Waals surface area contributed by atoms with Gasteiger partial charge in [-0.2, -0.15) is 0 Å². The van der Waals surface area contributed by atoms with Gasteiger partial charge in [-0.25, -0.2) is 0 Å². The molecule has 3 nitrogen and oxygen atoms in total. The van der Waals surface area contributed by atoms with Gasteiger partial charge in [0.25, 0.3) is 0 Å². The zero-order valence-electron chi connectivity index (χ0n) is 11.3. The number of nitrogens with one attached hydrogen (secondary N) is 1. The topological polar surface area (TPSA) is 30.5 Å². The van der Waals surface area contributed by atoms with Gasteiger partial charge in [0.15, 0.2) is 11.5 Å². The fourth-order valence-corrected chi connectivity index (χ4v) is 1.50. The molecule has 0 bridgehead atoms. The standard InChI is InChI=1S/C14H22FNO2/c1-11(2)16-10-12-5-6-13(14(9-12)17-3)18-8-4-7-15/h5-6,9,11,16H,4,7-8,10H2,1-3H3. The van der Waals surface area contributed by atoms with Gasteiger partial charge in [0.1, 0.15) is 0 Å². The lowest BCUT2D eigenvalue weighted by molar-refractivity contribution is 0.273. The minimum atomic E-state index is -0.362. The quantitative estimate of drug-likeness (QED) is 0.724. The summed E-state index contributed by atoms with van der Waals surface area (Å²) in [5.41, 5.74) is 1.14. The first-order valence-corrected chi connectivity index (χ1v) is 6.26. The van der Waals surface area contributed by atoms with Gasteiger partial charge in [-0.15, -0.1) is 0 Å². The van der Waals surface area contributed by atoms with Gasteiger partial charge >= 0.3 is 0 Å². The van der Waals surface area contributed by atoms with Gasteiger partial charge in [0.05, 0.1) is 20.4 Å². The molecule has 102 valence electrons. The van der Waals surface area contributed by atoms with Crippen LogP contribution in [0.3, 0.4) is 0 Å². The van der Waals surface area contributed by atoms with Crippen LogP contribution in [0.4, 0.5) is 4.39 Å². The summed E-state index contributed by atoms with van der Waals surface area (Å²) >= 11 is 0. The van der Waals surface area contributed by atoms with Gasteiger partial charge in [-0.05, 0) is 17.7 Å². The third-order valence-corrected chi connectivity index (χ3v) is 2.48. The molecule has 0 spiro atoms. The summed E-state index contributed by atoms with van der Waals surface area (Å²) in [6, 6.07) is 6.24. The van der Waals surface area contributed by atoms with E-state index in [9.17, 15) is 4.39 Å². The number of methoxy groups -OCH3 is 1. The van der Waals surface area contributed by atoms with Crippen LogP contribution in [-0.2, 0) is 6.54 Å². The van der Waals surface area contributed by atoms with Crippen molar-refractivity contribution in [1.29, 1.82) is 0 Å². The number of halogens is 1. The number of hydrogen-bond donors (Lipinski definition) is 1. The molecule has 0 amide bonds. The van der Waals surface area contributed by atoms with E-state index in [1.54, 1.807) is 7.11 Å². The van der Waals surface area contributed by atoms with E-state index >= 15 is 0 Å². The van der Waals surface area contributed by atoms with Crippen molar-refractivity contribution in [2.75, 3.05) is 20.4 Å². The van der Waals surface area contributed by atoms with E-state index in [0.717, 1.165) is 12.1 Å². The fraction of sp³-hybridized carbons (Fsp3) is 0.571. The Kier molecular flexibility index (Phi) is 6.50. The van der Waals surface area contributed by atoms with Gasteiger partial charge in [0, 0.05) is 19.0 Å². The van der Waals surface area contributed by atoms with Crippen molar-refractivity contribution < 1.29 is 13.9 Å². The second kappa shape index (κ2) is 7.93. The van der Waals surface area contributed by atoms with E-state index in [2.05, 4.69) is 19.2 Å². The van der Waals surface area contributed by atoms with Crippen LogP contribution in [-0.4, -0.2) is 26.4 Å². The maximum Gasteiger partial charge on any atom is 0.161 e. The highest BCUT2D eigenvalue weighted by Crippen LogP contribution is 2.28. The Bertz CT molecular complexity index is 356. The van der Waals surface area contributed by atoms with Crippen LogP contribution in [0.5, 0.6) is 11.5 Å². The second-order valence-electron chi connectivity index (χ2n) is 4.41. The smallest absolute Gasteiger partial charge is 0.161 e. The van der Waals surface area contributed by atoms with Crippen molar-refractivity contribution >= 4 is 0 Å². The van der Waals surface area contributed by atoms with E-state index < -0.39 is 0 Å². The molecule has 0 saturated heterocycles. The van der Waals surface area contributed by atoms with Crippen molar-refractivity contribution in [3.05, 3.63) is 23.8 Å². The Morgan fingerprint density at radius 1 is 1.28 bits per heavy atom. The monoisotopic (exact) mass is 255 g/mol. The van der Waals surface area contributed by atoms with Crippen LogP contribution >= 0.6 is 0 Å². The summed E-state index contributed by atoms with van der Waals surface area (Å²) in [7, 11) is 1.61. The first-order chi connectivity index (χ1) is 8.67. The highest BCUT2D eigenvalue weighted by atomic mass is 19.1. The minimum absolute atomic E-state index is 0.362. The molecule has 0 atom stereocenters. The largest absolute Gasteiger partial charge is 0.493 e. The lowest BCUT2D eigenvalue weighted by atomic mass is 10.2. The number of alkyl halides is 1. The normalized spacial score (nSPS) is 10.7. The Morgan fingerprint density at radius 2 is 2.06 bits per heavy atom. The molecule has 0 radical (unpaired) electrons. The Hall–Kier alpha value is -1.29. The van der Waals surface area contributed by atoms with Crippen molar-refractivity contribution in [1.82, 2.24) is 5.32 Å². The number of hydrogen-bond acceptors (Lipinski definition) is 3. The number of ether oxygens (including phenoxy) is 2. The summed E-state index contributed by atoms with van der Waals surface area (Å²) < 4.78 is 22.7. The van der Waals surface area contributed by atoms with Crippen molar-refractivity contribution in [2.24, 2.45) is 0 Å². The molecule has 1 aromatic rings. The predicted octanol–water partition coefficient (Wildman–Crippen LogP) is 2.93. The average molecular weight is 255 g/mol. The van der Waals surface area contributed by atoms with E-state index in [4.69, 9.17) is 9.47 Å². The summed E-state index contributed by atoms with van der Waals surface area (Å²) in [6.07, 6.45) is 0.403. The summed E-state index contributed by atoms with van der Waals surface area (Å²) in [5.74, 6) is 1.36. The molecule has 0 aliphatic rings. The lowest BCUT2D eigenvalue weighted by Crippen LogP contribution is -2.21. The Balaban J connectivity index is 2.64. The van der Waals surface area contributed by atoms with Gasteiger partial charge in [-0.3, -0.25) is 4.39 Å². The number of benzene rings is 1. The second-order valence-corrected chi connectivity index (χ2v) is 4.41. The molecule has 0 aliphatic carbocycles. The van der Waals surface area contributed by atoms with Crippen LogP contribution in [0, 0.1) is 0 Å². The fourth-order valence-electron chi connectivity index (χ4n) is 1.50. The van der Waals surface area contributed by atoms with E-state index in [1.807, 2.05) is 18.2 Å². The third-order valence-electron chi connectivity index (χ3n) is 2.48. The molecule has 0 aromatic heterocycles. The van der Waals surface area contributed by atoms with E-state index in [1.165, 1.54) is 0 Å². The SMILES string of the molecule is COc1cc(CNC(C)C)ccc1OCCCF. The molecular formula is C14H22FNO2. The maximum absolute atomic E-state index is 12.0. The molecule has 0 saturated carbocycles. The highest BCUT2D eigenvalue weighted by molar-refractivity contribution is 5.42.